The third-order valence-electron chi connectivity index (χ3n) is 3.73. The van der Waals surface area contributed by atoms with Gasteiger partial charge in [-0.15, -0.1) is 0 Å². The Hall–Kier alpha value is -2.99. The summed E-state index contributed by atoms with van der Waals surface area (Å²) in [5.74, 6) is 1.07. The van der Waals surface area contributed by atoms with Crippen LogP contribution in [0.1, 0.15) is 16.1 Å². The van der Waals surface area contributed by atoms with Crippen LogP contribution < -0.4 is 14.2 Å². The average molecular weight is 326 g/mol. The van der Waals surface area contributed by atoms with Crippen molar-refractivity contribution in [2.24, 2.45) is 0 Å². The number of benzene rings is 2. The van der Waals surface area contributed by atoms with Gasteiger partial charge in [-0.2, -0.15) is 0 Å². The Bertz CT molecular complexity index is 911. The Balaban J connectivity index is 1.66. The average Bonchev–Trinajstić information content (AvgIpc) is 3.20. The fourth-order valence-corrected chi connectivity index (χ4v) is 2.65. The first-order chi connectivity index (χ1) is 11.8. The maximum Gasteiger partial charge on any atom is 0.380 e. The Morgan fingerprint density at radius 2 is 1.96 bits per heavy atom. The van der Waals surface area contributed by atoms with E-state index < -0.39 is 5.97 Å². The molecule has 0 amide bonds. The zero-order chi connectivity index (χ0) is 16.5. The van der Waals surface area contributed by atoms with Gasteiger partial charge in [0.25, 0.3) is 0 Å². The highest BCUT2D eigenvalue weighted by Crippen LogP contribution is 2.35. The summed E-state index contributed by atoms with van der Waals surface area (Å²) >= 11 is 0. The molecule has 2 heterocycles. The van der Waals surface area contributed by atoms with Gasteiger partial charge in [-0.25, -0.2) is 4.79 Å². The minimum atomic E-state index is -0.586. The van der Waals surface area contributed by atoms with Crippen molar-refractivity contribution >= 4 is 16.9 Å². The number of ether oxygens (including phenoxy) is 4. The molecule has 0 saturated heterocycles. The first-order valence-corrected chi connectivity index (χ1v) is 7.37. The van der Waals surface area contributed by atoms with E-state index in [0.29, 0.717) is 28.4 Å². The van der Waals surface area contributed by atoms with E-state index in [1.807, 2.05) is 18.2 Å². The summed E-state index contributed by atoms with van der Waals surface area (Å²) in [4.78, 5) is 12.5. The number of carbonyl (C=O) groups is 1. The van der Waals surface area contributed by atoms with Crippen molar-refractivity contribution in [3.63, 3.8) is 0 Å². The van der Waals surface area contributed by atoms with Gasteiger partial charge in [0.1, 0.15) is 11.3 Å². The van der Waals surface area contributed by atoms with E-state index in [0.717, 1.165) is 5.39 Å². The zero-order valence-electron chi connectivity index (χ0n) is 12.9. The molecule has 1 aromatic heterocycles. The van der Waals surface area contributed by atoms with E-state index in [4.69, 9.17) is 23.4 Å². The predicted octanol–water partition coefficient (Wildman–Crippen LogP) is 3.53. The van der Waals surface area contributed by atoms with Gasteiger partial charge in [-0.3, -0.25) is 0 Å². The molecule has 0 aliphatic carbocycles. The maximum absolute atomic E-state index is 12.5. The lowest BCUT2D eigenvalue weighted by Crippen LogP contribution is -2.10. The number of carbonyl (C=O) groups excluding carboxylic acids is 1. The summed E-state index contributed by atoms with van der Waals surface area (Å²) in [5, 5.41) is 0.831. The standard InChI is InChI=1S/C18H14O6/c1-20-9-13-12-4-2-3-5-14(12)24-17(13)18(19)23-11-6-7-15-16(8-11)22-10-21-15/h2-8H,9-10H2,1H3. The third-order valence-corrected chi connectivity index (χ3v) is 3.73. The number of furan rings is 1. The fourth-order valence-electron chi connectivity index (χ4n) is 2.65. The molecule has 1 aliphatic heterocycles. The summed E-state index contributed by atoms with van der Waals surface area (Å²) in [6, 6.07) is 12.3. The SMILES string of the molecule is COCc1c(C(=O)Oc2ccc3c(c2)OCO3)oc2ccccc12. The number of hydrogen-bond acceptors (Lipinski definition) is 6. The van der Waals surface area contributed by atoms with Gasteiger partial charge in [0.15, 0.2) is 11.5 Å². The van der Waals surface area contributed by atoms with Gasteiger partial charge in [0.05, 0.1) is 6.61 Å². The highest BCUT2D eigenvalue weighted by atomic mass is 16.7. The van der Waals surface area contributed by atoms with Crippen molar-refractivity contribution in [3.8, 4) is 17.2 Å². The predicted molar refractivity (Wildman–Crippen MR) is 84.5 cm³/mol. The van der Waals surface area contributed by atoms with Gasteiger partial charge < -0.3 is 23.4 Å². The summed E-state index contributed by atoms with van der Waals surface area (Å²) in [6.45, 7) is 0.414. The molecule has 0 spiro atoms. The van der Waals surface area contributed by atoms with Gasteiger partial charge in [-0.05, 0) is 18.2 Å². The molecule has 4 rings (SSSR count). The molecule has 0 fully saturated rings. The monoisotopic (exact) mass is 326 g/mol. The van der Waals surface area contributed by atoms with Crippen molar-refractivity contribution in [1.82, 2.24) is 0 Å². The van der Waals surface area contributed by atoms with Crippen molar-refractivity contribution < 1.29 is 28.2 Å². The van der Waals surface area contributed by atoms with Crippen LogP contribution in [0.2, 0.25) is 0 Å². The topological polar surface area (TPSA) is 67.1 Å². The summed E-state index contributed by atoms with van der Waals surface area (Å²) < 4.78 is 26.8. The molecule has 122 valence electrons. The lowest BCUT2D eigenvalue weighted by Gasteiger charge is -2.05. The lowest BCUT2D eigenvalue weighted by atomic mass is 10.1. The number of hydrogen-bond donors (Lipinski definition) is 0. The van der Waals surface area contributed by atoms with Crippen LogP contribution in [0.25, 0.3) is 11.0 Å². The quantitative estimate of drug-likeness (QED) is 0.540. The van der Waals surface area contributed by atoms with Gasteiger partial charge in [0, 0.05) is 24.1 Å². The molecule has 3 aromatic rings. The van der Waals surface area contributed by atoms with Crippen LogP contribution >= 0.6 is 0 Å². The number of rotatable bonds is 4. The van der Waals surface area contributed by atoms with E-state index >= 15 is 0 Å². The summed E-state index contributed by atoms with van der Waals surface area (Å²) in [6.07, 6.45) is 0. The fraction of sp³-hybridized carbons (Fsp3) is 0.167. The van der Waals surface area contributed by atoms with Gasteiger partial charge in [0.2, 0.25) is 12.6 Å². The van der Waals surface area contributed by atoms with E-state index in [2.05, 4.69) is 0 Å². The first kappa shape index (κ1) is 14.6. The molecular formula is C18H14O6. The molecule has 0 saturated carbocycles. The molecule has 1 aliphatic rings. The number of fused-ring (bicyclic) bond motifs is 2. The Morgan fingerprint density at radius 3 is 2.83 bits per heavy atom. The van der Waals surface area contributed by atoms with Crippen LogP contribution in [0.5, 0.6) is 17.2 Å². The van der Waals surface area contributed by atoms with E-state index in [9.17, 15) is 4.79 Å². The minimum absolute atomic E-state index is 0.135. The second kappa shape index (κ2) is 5.90. The molecule has 0 atom stereocenters. The molecule has 0 radical (unpaired) electrons. The van der Waals surface area contributed by atoms with E-state index in [-0.39, 0.29) is 19.2 Å². The normalized spacial score (nSPS) is 12.5. The van der Waals surface area contributed by atoms with Crippen molar-refractivity contribution in [1.29, 1.82) is 0 Å². The maximum atomic E-state index is 12.5. The highest BCUT2D eigenvalue weighted by molar-refractivity contribution is 5.97. The molecule has 0 bridgehead atoms. The van der Waals surface area contributed by atoms with Crippen molar-refractivity contribution in [2.75, 3.05) is 13.9 Å². The number of para-hydroxylation sites is 1. The summed E-state index contributed by atoms with van der Waals surface area (Å²) in [5.41, 5.74) is 1.28. The second-order valence-electron chi connectivity index (χ2n) is 5.24. The second-order valence-corrected chi connectivity index (χ2v) is 5.24. The van der Waals surface area contributed by atoms with Crippen LogP contribution in [-0.2, 0) is 11.3 Å². The smallest absolute Gasteiger partial charge is 0.380 e. The number of methoxy groups -OCH3 is 1. The van der Waals surface area contributed by atoms with Crippen molar-refractivity contribution in [2.45, 2.75) is 6.61 Å². The van der Waals surface area contributed by atoms with Gasteiger partial charge in [-0.1, -0.05) is 18.2 Å². The molecule has 2 aromatic carbocycles. The first-order valence-electron chi connectivity index (χ1n) is 7.37. The zero-order valence-corrected chi connectivity index (χ0v) is 12.9. The van der Waals surface area contributed by atoms with Crippen LogP contribution in [0.3, 0.4) is 0 Å². The molecule has 24 heavy (non-hydrogen) atoms. The van der Waals surface area contributed by atoms with E-state index in [1.165, 1.54) is 0 Å². The van der Waals surface area contributed by atoms with Gasteiger partial charge >= 0.3 is 5.97 Å². The van der Waals surface area contributed by atoms with Crippen LogP contribution in [0, 0.1) is 0 Å². The number of esters is 1. The molecule has 0 unspecified atom stereocenters. The van der Waals surface area contributed by atoms with Crippen LogP contribution in [-0.4, -0.2) is 19.9 Å². The highest BCUT2D eigenvalue weighted by Gasteiger charge is 2.23. The lowest BCUT2D eigenvalue weighted by molar-refractivity contribution is 0.0697. The molecule has 0 N–H and O–H groups in total. The third kappa shape index (κ3) is 2.47. The molecular weight excluding hydrogens is 312 g/mol. The Kier molecular flexibility index (Phi) is 3.59. The van der Waals surface area contributed by atoms with E-state index in [1.54, 1.807) is 31.4 Å². The molecule has 6 heteroatoms. The summed E-state index contributed by atoms with van der Waals surface area (Å²) in [7, 11) is 1.56. The Labute approximate surface area is 137 Å². The van der Waals surface area contributed by atoms with Crippen molar-refractivity contribution in [3.05, 3.63) is 53.8 Å². The van der Waals surface area contributed by atoms with Crippen LogP contribution in [0.4, 0.5) is 0 Å². The van der Waals surface area contributed by atoms with Crippen LogP contribution in [0.15, 0.2) is 46.9 Å². The molecule has 6 nitrogen and oxygen atoms in total. The Morgan fingerprint density at radius 1 is 1.12 bits per heavy atom. The largest absolute Gasteiger partial charge is 0.454 e. The minimum Gasteiger partial charge on any atom is -0.454 e.